The number of hydrogen-bond donors (Lipinski definition) is 6. The molecule has 0 aliphatic carbocycles. The molecule has 0 radical (unpaired) electrons. The summed E-state index contributed by atoms with van der Waals surface area (Å²) in [4.78, 5) is 25.9. The van der Waals surface area contributed by atoms with Gasteiger partial charge in [-0.2, -0.15) is 0 Å². The fraction of sp³-hybridized carbons (Fsp3) is 0.733. The van der Waals surface area contributed by atoms with Crippen LogP contribution in [0.15, 0.2) is 16.6 Å². The first-order valence-electron chi connectivity index (χ1n) is 8.44. The molecule has 0 saturated heterocycles. The van der Waals surface area contributed by atoms with Crippen LogP contribution in [0.1, 0.15) is 27.7 Å². The summed E-state index contributed by atoms with van der Waals surface area (Å²) in [6.45, 7) is 5.42. The SMILES string of the molecule is CC(=O)N[C@H]1[C@H]([C@H](C)[C@H](O)CO)OC(P(=O)(O)OC(C)C)=C[C@@H]1N=C(N)N. The predicted octanol–water partition coefficient (Wildman–Crippen LogP) is -1.03. The van der Waals surface area contributed by atoms with Gasteiger partial charge in [-0.25, -0.2) is 4.99 Å². The highest BCUT2D eigenvalue weighted by Crippen LogP contribution is 2.54. The number of nitrogens with two attached hydrogens (primary N) is 2. The summed E-state index contributed by atoms with van der Waals surface area (Å²) >= 11 is 0. The number of aliphatic hydroxyl groups is 2. The highest BCUT2D eigenvalue weighted by atomic mass is 31.2. The molecule has 1 aliphatic rings. The normalized spacial score (nSPS) is 27.0. The van der Waals surface area contributed by atoms with E-state index in [-0.39, 0.29) is 5.96 Å². The van der Waals surface area contributed by atoms with Crippen LogP contribution in [0.5, 0.6) is 0 Å². The number of aliphatic hydroxyl groups excluding tert-OH is 2. The van der Waals surface area contributed by atoms with Crippen LogP contribution in [0.25, 0.3) is 0 Å². The molecule has 0 aromatic rings. The van der Waals surface area contributed by atoms with Gasteiger partial charge in [0.05, 0.1) is 30.9 Å². The topological polar surface area (TPSA) is 190 Å². The summed E-state index contributed by atoms with van der Waals surface area (Å²) in [5.74, 6) is -1.47. The Morgan fingerprint density at radius 1 is 1.44 bits per heavy atom. The highest BCUT2D eigenvalue weighted by Gasteiger charge is 2.45. The minimum absolute atomic E-state index is 0.306. The highest BCUT2D eigenvalue weighted by molar-refractivity contribution is 7.57. The number of hydrogen-bond acceptors (Lipinski definition) is 7. The molecule has 0 fully saturated rings. The molecule has 0 aromatic carbocycles. The van der Waals surface area contributed by atoms with E-state index in [0.717, 1.165) is 0 Å². The Labute approximate surface area is 158 Å². The van der Waals surface area contributed by atoms with Crippen molar-refractivity contribution < 1.29 is 33.7 Å². The quantitative estimate of drug-likeness (QED) is 0.166. The van der Waals surface area contributed by atoms with Gasteiger partial charge in [0, 0.05) is 12.8 Å². The third-order valence-electron chi connectivity index (χ3n) is 3.90. The maximum Gasteiger partial charge on any atom is 0.393 e. The van der Waals surface area contributed by atoms with Crippen molar-refractivity contribution in [2.45, 2.75) is 58.1 Å². The molecule has 1 unspecified atom stereocenters. The van der Waals surface area contributed by atoms with Gasteiger partial charge < -0.3 is 41.2 Å². The van der Waals surface area contributed by atoms with Crippen molar-refractivity contribution in [3.05, 3.63) is 11.6 Å². The lowest BCUT2D eigenvalue weighted by atomic mass is 9.87. The average molecular weight is 408 g/mol. The zero-order valence-corrected chi connectivity index (χ0v) is 16.7. The summed E-state index contributed by atoms with van der Waals surface area (Å²) in [6, 6.07) is -1.80. The molecule has 27 heavy (non-hydrogen) atoms. The van der Waals surface area contributed by atoms with Crippen molar-refractivity contribution in [1.29, 1.82) is 0 Å². The van der Waals surface area contributed by atoms with Crippen molar-refractivity contribution in [2.75, 3.05) is 6.61 Å². The van der Waals surface area contributed by atoms with Gasteiger partial charge in [-0.3, -0.25) is 9.36 Å². The predicted molar refractivity (Wildman–Crippen MR) is 98.5 cm³/mol. The van der Waals surface area contributed by atoms with Crippen LogP contribution in [-0.2, 0) is 18.6 Å². The largest absolute Gasteiger partial charge is 0.480 e. The van der Waals surface area contributed by atoms with Gasteiger partial charge in [-0.05, 0) is 19.9 Å². The van der Waals surface area contributed by atoms with Gasteiger partial charge in [0.1, 0.15) is 6.10 Å². The van der Waals surface area contributed by atoms with Crippen LogP contribution in [0.2, 0.25) is 0 Å². The van der Waals surface area contributed by atoms with E-state index < -0.39 is 61.9 Å². The summed E-state index contributed by atoms with van der Waals surface area (Å²) in [5.41, 5.74) is 10.5. The van der Waals surface area contributed by atoms with Crippen molar-refractivity contribution in [1.82, 2.24) is 5.32 Å². The van der Waals surface area contributed by atoms with Crippen LogP contribution in [0.4, 0.5) is 0 Å². The second kappa shape index (κ2) is 9.52. The van der Waals surface area contributed by atoms with Crippen molar-refractivity contribution in [2.24, 2.45) is 22.4 Å². The third-order valence-corrected chi connectivity index (χ3v) is 5.42. The van der Waals surface area contributed by atoms with Crippen molar-refractivity contribution >= 4 is 19.5 Å². The van der Waals surface area contributed by atoms with Gasteiger partial charge >= 0.3 is 7.60 Å². The van der Waals surface area contributed by atoms with Gasteiger partial charge in [-0.15, -0.1) is 0 Å². The maximum atomic E-state index is 12.6. The Balaban J connectivity index is 3.43. The molecule has 1 amide bonds. The first-order chi connectivity index (χ1) is 12.4. The lowest BCUT2D eigenvalue weighted by molar-refractivity contribution is -0.122. The number of carbonyl (C=O) groups excluding carboxylic acids is 1. The van der Waals surface area contributed by atoms with E-state index in [1.807, 2.05) is 0 Å². The molecular formula is C15H29N4O7P. The first-order valence-corrected chi connectivity index (χ1v) is 10.0. The van der Waals surface area contributed by atoms with E-state index in [1.54, 1.807) is 20.8 Å². The summed E-state index contributed by atoms with van der Waals surface area (Å²) < 4.78 is 23.3. The van der Waals surface area contributed by atoms with E-state index in [1.165, 1.54) is 13.0 Å². The molecule has 0 aromatic heterocycles. The lowest BCUT2D eigenvalue weighted by Gasteiger charge is -2.40. The lowest BCUT2D eigenvalue weighted by Crippen LogP contribution is -2.56. The average Bonchev–Trinajstić information content (AvgIpc) is 2.52. The number of rotatable bonds is 8. The summed E-state index contributed by atoms with van der Waals surface area (Å²) in [7, 11) is -4.35. The number of aliphatic imine (C=N–C) groups is 1. The number of guanidine groups is 1. The van der Waals surface area contributed by atoms with E-state index in [9.17, 15) is 24.5 Å². The minimum atomic E-state index is -4.35. The molecule has 1 heterocycles. The van der Waals surface area contributed by atoms with E-state index in [4.69, 9.17) is 20.7 Å². The molecule has 0 saturated carbocycles. The smallest absolute Gasteiger partial charge is 0.393 e. The van der Waals surface area contributed by atoms with Crippen molar-refractivity contribution in [3.63, 3.8) is 0 Å². The molecular weight excluding hydrogens is 379 g/mol. The van der Waals surface area contributed by atoms with Crippen LogP contribution in [-0.4, -0.2) is 64.0 Å². The Morgan fingerprint density at radius 2 is 2.04 bits per heavy atom. The second-order valence-corrected chi connectivity index (χ2v) is 8.33. The number of carbonyl (C=O) groups is 1. The van der Waals surface area contributed by atoms with Gasteiger partial charge in [0.25, 0.3) is 0 Å². The van der Waals surface area contributed by atoms with Gasteiger partial charge in [-0.1, -0.05) is 6.92 Å². The van der Waals surface area contributed by atoms with E-state index in [2.05, 4.69) is 10.3 Å². The van der Waals surface area contributed by atoms with Crippen LogP contribution in [0, 0.1) is 5.92 Å². The third kappa shape index (κ3) is 6.47. The number of nitrogens with zero attached hydrogens (tertiary/aromatic N) is 1. The van der Waals surface area contributed by atoms with Crippen LogP contribution >= 0.6 is 7.60 Å². The molecule has 8 N–H and O–H groups in total. The molecule has 156 valence electrons. The number of nitrogens with one attached hydrogen (secondary N) is 1. The molecule has 0 bridgehead atoms. The molecule has 6 atom stereocenters. The molecule has 11 nitrogen and oxygen atoms in total. The molecule has 0 spiro atoms. The zero-order chi connectivity index (χ0) is 20.9. The number of amides is 1. The van der Waals surface area contributed by atoms with Crippen LogP contribution in [0.3, 0.4) is 0 Å². The van der Waals surface area contributed by atoms with Gasteiger partial charge in [0.15, 0.2) is 5.96 Å². The first kappa shape index (κ1) is 23.4. The van der Waals surface area contributed by atoms with Gasteiger partial charge in [0.2, 0.25) is 11.4 Å². The monoisotopic (exact) mass is 408 g/mol. The number of ether oxygens (including phenoxy) is 1. The fourth-order valence-corrected chi connectivity index (χ4v) is 3.98. The molecule has 1 aliphatic heterocycles. The second-order valence-electron chi connectivity index (χ2n) is 6.64. The van der Waals surface area contributed by atoms with E-state index >= 15 is 0 Å². The fourth-order valence-electron chi connectivity index (χ4n) is 2.71. The van der Waals surface area contributed by atoms with Crippen LogP contribution < -0.4 is 16.8 Å². The Bertz CT molecular complexity index is 636. The Kier molecular flexibility index (Phi) is 8.24. The van der Waals surface area contributed by atoms with Crippen molar-refractivity contribution in [3.8, 4) is 0 Å². The standard InChI is InChI=1S/C15H29N4O7P/c1-7(2)26-27(23,24)12-5-10(19-15(16)17)13(18-9(4)21)14(25-12)8(3)11(22)6-20/h5,7-8,10-11,13-14,20,22H,6H2,1-4H3,(H,18,21)(H,23,24)(H4,16,17,19)/t8-,10+,11-,13-,14+/m1/s1. The molecule has 12 heteroatoms. The zero-order valence-electron chi connectivity index (χ0n) is 15.8. The minimum Gasteiger partial charge on any atom is -0.480 e. The summed E-state index contributed by atoms with van der Waals surface area (Å²) in [5, 5.41) is 21.9. The summed E-state index contributed by atoms with van der Waals surface area (Å²) in [6.07, 6.45) is -1.59. The Morgan fingerprint density at radius 3 is 2.48 bits per heavy atom. The maximum absolute atomic E-state index is 12.6. The Hall–Kier alpha value is -1.65. The van der Waals surface area contributed by atoms with E-state index in [0.29, 0.717) is 0 Å². The molecule has 1 rings (SSSR count).